The molecule has 0 unspecified atom stereocenters. The molecule has 35 heavy (non-hydrogen) atoms. The van der Waals surface area contributed by atoms with Crippen molar-refractivity contribution in [2.75, 3.05) is 19.7 Å². The second-order valence-electron chi connectivity index (χ2n) is 9.81. The number of carbonyl (C=O) groups is 3. The van der Waals surface area contributed by atoms with Gasteiger partial charge in [0, 0.05) is 31.8 Å². The molecule has 2 aromatic carbocycles. The Bertz CT molecular complexity index is 1060. The van der Waals surface area contributed by atoms with E-state index >= 15 is 0 Å². The number of hydrogen-bond acceptors (Lipinski definition) is 5. The summed E-state index contributed by atoms with van der Waals surface area (Å²) in [5, 5.41) is 22.1. The number of aliphatic carboxylic acids is 1. The van der Waals surface area contributed by atoms with E-state index in [9.17, 15) is 24.6 Å². The Labute approximate surface area is 204 Å². The molecule has 3 N–H and O–H groups in total. The van der Waals surface area contributed by atoms with Gasteiger partial charge in [-0.25, -0.2) is 9.59 Å². The fourth-order valence-corrected chi connectivity index (χ4v) is 5.01. The first kappa shape index (κ1) is 24.7. The zero-order valence-corrected chi connectivity index (χ0v) is 20.1. The van der Waals surface area contributed by atoms with Crippen LogP contribution in [0.15, 0.2) is 48.5 Å². The zero-order chi connectivity index (χ0) is 25.2. The van der Waals surface area contributed by atoms with Crippen LogP contribution in [0.5, 0.6) is 0 Å². The van der Waals surface area contributed by atoms with E-state index < -0.39 is 23.7 Å². The molecule has 0 spiro atoms. The molecule has 0 saturated carbocycles. The van der Waals surface area contributed by atoms with Crippen molar-refractivity contribution in [3.05, 3.63) is 59.7 Å². The molecular formula is C27H32N2O6. The number of ether oxygens (including phenoxy) is 1. The molecule has 8 nitrogen and oxygen atoms in total. The molecule has 1 fully saturated rings. The van der Waals surface area contributed by atoms with Gasteiger partial charge in [0.2, 0.25) is 5.91 Å². The molecule has 4 rings (SSSR count). The summed E-state index contributed by atoms with van der Waals surface area (Å²) in [6, 6.07) is 15.4. The Hall–Kier alpha value is -3.39. The van der Waals surface area contributed by atoms with Crippen LogP contribution >= 0.6 is 0 Å². The molecule has 2 amide bonds. The number of aliphatic hydroxyl groups is 1. The number of fused-ring (bicyclic) bond motifs is 3. The highest BCUT2D eigenvalue weighted by atomic mass is 16.5. The summed E-state index contributed by atoms with van der Waals surface area (Å²) in [7, 11) is 0. The van der Waals surface area contributed by atoms with Crippen LogP contribution in [-0.2, 0) is 14.3 Å². The van der Waals surface area contributed by atoms with Gasteiger partial charge in [0.25, 0.3) is 0 Å². The predicted molar refractivity (Wildman–Crippen MR) is 130 cm³/mol. The number of benzene rings is 2. The molecule has 8 heteroatoms. The van der Waals surface area contributed by atoms with Gasteiger partial charge in [-0.3, -0.25) is 4.79 Å². The van der Waals surface area contributed by atoms with Gasteiger partial charge in [0.05, 0.1) is 0 Å². The highest BCUT2D eigenvalue weighted by Crippen LogP contribution is 2.44. The van der Waals surface area contributed by atoms with Crippen LogP contribution in [0, 0.1) is 5.92 Å². The van der Waals surface area contributed by atoms with Gasteiger partial charge in [-0.2, -0.15) is 0 Å². The maximum absolute atomic E-state index is 13.2. The lowest BCUT2D eigenvalue weighted by Crippen LogP contribution is -2.55. The van der Waals surface area contributed by atoms with E-state index in [2.05, 4.69) is 17.4 Å². The number of carbonyl (C=O) groups excluding carboxylic acids is 2. The van der Waals surface area contributed by atoms with Crippen molar-refractivity contribution in [2.24, 2.45) is 5.92 Å². The lowest BCUT2D eigenvalue weighted by molar-refractivity contribution is -0.165. The average Bonchev–Trinajstić information content (AvgIpc) is 3.16. The van der Waals surface area contributed by atoms with E-state index in [0.717, 1.165) is 22.3 Å². The van der Waals surface area contributed by atoms with Crippen LogP contribution in [0.4, 0.5) is 4.79 Å². The van der Waals surface area contributed by atoms with Gasteiger partial charge >= 0.3 is 12.1 Å². The number of nitrogens with one attached hydrogen (secondary N) is 1. The van der Waals surface area contributed by atoms with Crippen molar-refractivity contribution in [2.45, 2.75) is 50.7 Å². The second-order valence-corrected chi connectivity index (χ2v) is 9.81. The highest BCUT2D eigenvalue weighted by Gasteiger charge is 2.41. The van der Waals surface area contributed by atoms with E-state index in [4.69, 9.17) is 4.74 Å². The predicted octanol–water partition coefficient (Wildman–Crippen LogP) is 3.38. The second kappa shape index (κ2) is 10.1. The first-order valence-electron chi connectivity index (χ1n) is 12.1. The number of carboxylic acids is 1. The summed E-state index contributed by atoms with van der Waals surface area (Å²) in [6.07, 6.45) is -0.339. The third-order valence-corrected chi connectivity index (χ3v) is 6.94. The summed E-state index contributed by atoms with van der Waals surface area (Å²) >= 11 is 0. The Balaban J connectivity index is 1.40. The molecule has 0 radical (unpaired) electrons. The molecule has 1 saturated heterocycles. The smallest absolute Gasteiger partial charge is 0.407 e. The molecular weight excluding hydrogens is 448 g/mol. The normalized spacial score (nSPS) is 17.4. The lowest BCUT2D eigenvalue weighted by Gasteiger charge is -2.37. The van der Waals surface area contributed by atoms with Crippen LogP contribution in [0.1, 0.15) is 50.2 Å². The van der Waals surface area contributed by atoms with Crippen LogP contribution < -0.4 is 5.32 Å². The Morgan fingerprint density at radius 1 is 1.03 bits per heavy atom. The van der Waals surface area contributed by atoms with E-state index in [-0.39, 0.29) is 50.3 Å². The van der Waals surface area contributed by atoms with Gasteiger partial charge in [-0.1, -0.05) is 62.4 Å². The average molecular weight is 481 g/mol. The number of hydrogen-bond donors (Lipinski definition) is 3. The number of carboxylic acid groups (broad SMARTS) is 1. The quantitative estimate of drug-likeness (QED) is 0.560. The maximum Gasteiger partial charge on any atom is 0.407 e. The number of amides is 2. The van der Waals surface area contributed by atoms with Crippen molar-refractivity contribution in [3.8, 4) is 11.1 Å². The Morgan fingerprint density at radius 3 is 2.09 bits per heavy atom. The van der Waals surface area contributed by atoms with E-state index in [1.54, 1.807) is 0 Å². The Morgan fingerprint density at radius 2 is 1.57 bits per heavy atom. The molecule has 1 aliphatic carbocycles. The number of alkyl carbamates (subject to hydrolysis) is 1. The van der Waals surface area contributed by atoms with Crippen LogP contribution in [0.2, 0.25) is 0 Å². The van der Waals surface area contributed by atoms with Crippen molar-refractivity contribution in [1.29, 1.82) is 0 Å². The third kappa shape index (κ3) is 5.17. The first-order valence-corrected chi connectivity index (χ1v) is 12.1. The Kier molecular flexibility index (Phi) is 7.12. The number of piperidine rings is 1. The summed E-state index contributed by atoms with van der Waals surface area (Å²) in [6.45, 7) is 4.29. The van der Waals surface area contributed by atoms with Gasteiger partial charge in [0.15, 0.2) is 5.60 Å². The van der Waals surface area contributed by atoms with Crippen molar-refractivity contribution >= 4 is 18.0 Å². The molecule has 1 aliphatic heterocycles. The van der Waals surface area contributed by atoms with Crippen molar-refractivity contribution in [1.82, 2.24) is 10.2 Å². The standard InChI is InChI=1S/C27H32N2O6/c1-17(2)15-23(24(30)29-13-11-27(34,12-14-29)25(31)32)28-26(33)35-16-22-20-9-5-3-7-18(20)19-8-4-6-10-21(19)22/h3-10,17,22-23,34H,11-16H2,1-2H3,(H,28,33)(H,31,32)/t23-/m0/s1. The van der Waals surface area contributed by atoms with Crippen LogP contribution in [0.25, 0.3) is 11.1 Å². The molecule has 186 valence electrons. The summed E-state index contributed by atoms with van der Waals surface area (Å²) in [5.41, 5.74) is 2.67. The summed E-state index contributed by atoms with van der Waals surface area (Å²) < 4.78 is 5.62. The van der Waals surface area contributed by atoms with Crippen molar-refractivity contribution in [3.63, 3.8) is 0 Å². The fraction of sp³-hybridized carbons (Fsp3) is 0.444. The lowest BCUT2D eigenvalue weighted by atomic mass is 9.91. The van der Waals surface area contributed by atoms with Crippen LogP contribution in [0.3, 0.4) is 0 Å². The summed E-state index contributed by atoms with van der Waals surface area (Å²) in [5.74, 6) is -1.51. The fourth-order valence-electron chi connectivity index (χ4n) is 5.01. The van der Waals surface area contributed by atoms with Crippen molar-refractivity contribution < 1.29 is 29.3 Å². The van der Waals surface area contributed by atoms with E-state index in [0.29, 0.717) is 6.42 Å². The highest BCUT2D eigenvalue weighted by molar-refractivity contribution is 5.86. The minimum atomic E-state index is -1.81. The molecule has 1 heterocycles. The minimum Gasteiger partial charge on any atom is -0.479 e. The van der Waals surface area contributed by atoms with Crippen LogP contribution in [-0.4, -0.2) is 64.4 Å². The molecule has 0 aromatic heterocycles. The van der Waals surface area contributed by atoms with E-state index in [1.807, 2.05) is 50.2 Å². The maximum atomic E-state index is 13.2. The number of nitrogens with zero attached hydrogens (tertiary/aromatic N) is 1. The molecule has 1 atom stereocenters. The van der Waals surface area contributed by atoms with Gasteiger partial charge in [-0.15, -0.1) is 0 Å². The van der Waals surface area contributed by atoms with Gasteiger partial charge < -0.3 is 25.2 Å². The SMILES string of the molecule is CC(C)C[C@H](NC(=O)OCC1c2ccccc2-c2ccccc21)C(=O)N1CCC(O)(C(=O)O)CC1. The van der Waals surface area contributed by atoms with E-state index in [1.165, 1.54) is 4.90 Å². The molecule has 2 aliphatic rings. The number of rotatable bonds is 7. The molecule has 2 aromatic rings. The minimum absolute atomic E-state index is 0.0482. The number of likely N-dealkylation sites (tertiary alicyclic amines) is 1. The topological polar surface area (TPSA) is 116 Å². The van der Waals surface area contributed by atoms with Gasteiger partial charge in [-0.05, 0) is 34.6 Å². The van der Waals surface area contributed by atoms with Gasteiger partial charge in [0.1, 0.15) is 12.6 Å². The largest absolute Gasteiger partial charge is 0.479 e. The zero-order valence-electron chi connectivity index (χ0n) is 20.1. The summed E-state index contributed by atoms with van der Waals surface area (Å²) in [4.78, 5) is 38.7. The first-order chi connectivity index (χ1) is 16.7. The third-order valence-electron chi connectivity index (χ3n) is 6.94. The molecule has 0 bridgehead atoms. The monoisotopic (exact) mass is 480 g/mol.